The van der Waals surface area contributed by atoms with Gasteiger partial charge in [-0.25, -0.2) is 0 Å². The van der Waals surface area contributed by atoms with Crippen molar-refractivity contribution in [2.24, 2.45) is 0 Å². The number of hydrogen-bond donors (Lipinski definition) is 4. The lowest BCUT2D eigenvalue weighted by molar-refractivity contribution is -0.305. The molecule has 0 aromatic rings. The highest BCUT2D eigenvalue weighted by Crippen LogP contribution is 2.23. The van der Waals surface area contributed by atoms with Crippen molar-refractivity contribution in [2.45, 2.75) is 288 Å². The molecule has 0 spiro atoms. The summed E-state index contributed by atoms with van der Waals surface area (Å²) < 4.78 is 22.9. The maximum atomic E-state index is 12.8. The Labute approximate surface area is 387 Å². The van der Waals surface area contributed by atoms with Crippen molar-refractivity contribution in [3.05, 3.63) is 24.3 Å². The molecule has 9 heteroatoms. The highest BCUT2D eigenvalue weighted by atomic mass is 16.7. The molecule has 1 fully saturated rings. The van der Waals surface area contributed by atoms with Crippen LogP contribution >= 0.6 is 0 Å². The molecule has 1 heterocycles. The van der Waals surface area contributed by atoms with Gasteiger partial charge in [-0.1, -0.05) is 224 Å². The van der Waals surface area contributed by atoms with Gasteiger partial charge in [0.25, 0.3) is 0 Å². The van der Waals surface area contributed by atoms with E-state index in [9.17, 15) is 25.2 Å². The summed E-state index contributed by atoms with van der Waals surface area (Å²) in [6, 6.07) is 0. The molecule has 63 heavy (non-hydrogen) atoms. The monoisotopic (exact) mass is 895 g/mol. The molecule has 0 aliphatic carbocycles. The van der Waals surface area contributed by atoms with E-state index >= 15 is 0 Å². The van der Waals surface area contributed by atoms with Gasteiger partial charge in [0.15, 0.2) is 6.29 Å². The lowest BCUT2D eigenvalue weighted by Crippen LogP contribution is -2.59. The molecule has 1 aliphatic rings. The van der Waals surface area contributed by atoms with Crippen LogP contribution in [0.5, 0.6) is 0 Å². The fourth-order valence-electron chi connectivity index (χ4n) is 8.41. The van der Waals surface area contributed by atoms with Crippen molar-refractivity contribution in [1.82, 2.24) is 0 Å². The molecule has 0 saturated carbocycles. The zero-order chi connectivity index (χ0) is 45.7. The van der Waals surface area contributed by atoms with Gasteiger partial charge in [-0.2, -0.15) is 0 Å². The van der Waals surface area contributed by atoms with Crippen molar-refractivity contribution in [3.8, 4) is 0 Å². The average molecular weight is 895 g/mol. The Morgan fingerprint density at radius 3 is 1.37 bits per heavy atom. The summed E-state index contributed by atoms with van der Waals surface area (Å²) in [5, 5.41) is 40.3. The van der Waals surface area contributed by atoms with Crippen molar-refractivity contribution < 1.29 is 44.2 Å². The number of ether oxygens (including phenoxy) is 4. The second kappa shape index (κ2) is 45.8. The number of unbranched alkanes of at least 4 members (excludes halogenated alkanes) is 32. The number of carbonyl (C=O) groups excluding carboxylic acids is 1. The second-order valence-corrected chi connectivity index (χ2v) is 18.7. The highest BCUT2D eigenvalue weighted by molar-refractivity contribution is 5.69. The first-order valence-corrected chi connectivity index (χ1v) is 26.9. The van der Waals surface area contributed by atoms with Crippen LogP contribution in [0.25, 0.3) is 0 Å². The lowest BCUT2D eigenvalue weighted by Gasteiger charge is -2.39. The smallest absolute Gasteiger partial charge is 0.306 e. The Balaban J connectivity index is 2.17. The zero-order valence-corrected chi connectivity index (χ0v) is 41.1. The molecule has 6 unspecified atom stereocenters. The summed E-state index contributed by atoms with van der Waals surface area (Å²) in [4.78, 5) is 12.8. The SMILES string of the molecule is CCCCCCC/C=C\C/C=C\CCCCCCCCCCCCOCC(COC1OC(CO)C(O)C(O)C1O)OC(=O)CCCCCCCCCCCCCCCCCCCC. The third-order valence-electron chi connectivity index (χ3n) is 12.6. The topological polar surface area (TPSA) is 135 Å². The van der Waals surface area contributed by atoms with E-state index in [1.54, 1.807) is 0 Å². The number of aliphatic hydroxyl groups excluding tert-OH is 4. The summed E-state index contributed by atoms with van der Waals surface area (Å²) in [6.45, 7) is 4.59. The predicted octanol–water partition coefficient (Wildman–Crippen LogP) is 13.3. The van der Waals surface area contributed by atoms with E-state index in [0.717, 1.165) is 38.5 Å². The van der Waals surface area contributed by atoms with Gasteiger partial charge in [-0.05, 0) is 44.9 Å². The number of hydrogen-bond acceptors (Lipinski definition) is 9. The van der Waals surface area contributed by atoms with Gasteiger partial charge in [0, 0.05) is 13.0 Å². The van der Waals surface area contributed by atoms with E-state index in [1.807, 2.05) is 0 Å². The maximum Gasteiger partial charge on any atom is 0.306 e. The van der Waals surface area contributed by atoms with Gasteiger partial charge >= 0.3 is 5.97 Å². The molecule has 1 aliphatic heterocycles. The highest BCUT2D eigenvalue weighted by Gasteiger charge is 2.44. The number of allylic oxidation sites excluding steroid dienone is 4. The van der Waals surface area contributed by atoms with Gasteiger partial charge in [-0.15, -0.1) is 0 Å². The van der Waals surface area contributed by atoms with E-state index in [1.165, 1.54) is 193 Å². The molecule has 0 amide bonds. The number of esters is 1. The summed E-state index contributed by atoms with van der Waals surface area (Å²) >= 11 is 0. The molecular formula is C54H102O9. The number of rotatable bonds is 47. The van der Waals surface area contributed by atoms with E-state index in [-0.39, 0.29) is 19.2 Å². The first kappa shape index (κ1) is 59.7. The van der Waals surface area contributed by atoms with Crippen LogP contribution in [0.4, 0.5) is 0 Å². The second-order valence-electron chi connectivity index (χ2n) is 18.7. The van der Waals surface area contributed by atoms with E-state index < -0.39 is 43.4 Å². The van der Waals surface area contributed by atoms with Gasteiger partial charge in [0.1, 0.15) is 30.5 Å². The first-order chi connectivity index (χ1) is 30.9. The Kier molecular flexibility index (Phi) is 43.4. The fraction of sp³-hybridized carbons (Fsp3) is 0.907. The van der Waals surface area contributed by atoms with Crippen LogP contribution in [0.2, 0.25) is 0 Å². The fourth-order valence-corrected chi connectivity index (χ4v) is 8.41. The van der Waals surface area contributed by atoms with Gasteiger partial charge in [0.2, 0.25) is 0 Å². The van der Waals surface area contributed by atoms with Crippen LogP contribution in [0.3, 0.4) is 0 Å². The van der Waals surface area contributed by atoms with E-state index in [0.29, 0.717) is 13.0 Å². The van der Waals surface area contributed by atoms with Crippen molar-refractivity contribution in [3.63, 3.8) is 0 Å². The van der Waals surface area contributed by atoms with Crippen molar-refractivity contribution in [2.75, 3.05) is 26.4 Å². The summed E-state index contributed by atoms with van der Waals surface area (Å²) in [7, 11) is 0. The third-order valence-corrected chi connectivity index (χ3v) is 12.6. The summed E-state index contributed by atoms with van der Waals surface area (Å²) in [5.41, 5.74) is 0. The summed E-state index contributed by atoms with van der Waals surface area (Å²) in [6.07, 6.45) is 47.8. The molecule has 0 aromatic carbocycles. The maximum absolute atomic E-state index is 12.8. The van der Waals surface area contributed by atoms with E-state index in [4.69, 9.17) is 18.9 Å². The number of aliphatic hydroxyl groups is 4. The zero-order valence-electron chi connectivity index (χ0n) is 41.1. The van der Waals surface area contributed by atoms with E-state index in [2.05, 4.69) is 38.2 Å². The molecular weight excluding hydrogens is 793 g/mol. The Morgan fingerprint density at radius 1 is 0.508 bits per heavy atom. The van der Waals surface area contributed by atoms with Crippen LogP contribution in [0, 0.1) is 0 Å². The molecule has 0 bridgehead atoms. The molecule has 372 valence electrons. The van der Waals surface area contributed by atoms with Gasteiger partial charge in [0.05, 0.1) is 19.8 Å². The average Bonchev–Trinajstić information content (AvgIpc) is 3.28. The summed E-state index contributed by atoms with van der Waals surface area (Å²) in [5.74, 6) is -0.309. The van der Waals surface area contributed by atoms with Crippen LogP contribution < -0.4 is 0 Å². The molecule has 9 nitrogen and oxygen atoms in total. The standard InChI is InChI=1S/C54H102O9/c1-3-5-7-9-11-13-15-17-19-21-23-24-25-26-28-30-32-34-36-38-40-42-44-60-46-48(47-61-54-53(59)52(58)51(57)49(45-55)63-54)62-50(56)43-41-39-37-35-33-31-29-27-22-20-18-16-14-12-10-8-6-4-2/h15,17,21,23,48-49,51-55,57-59H,3-14,16,18-20,22,24-47H2,1-2H3/b17-15-,23-21-. The lowest BCUT2D eigenvalue weighted by atomic mass is 9.99. The van der Waals surface area contributed by atoms with Crippen molar-refractivity contribution >= 4 is 5.97 Å². The third kappa shape index (κ3) is 36.5. The normalized spacial score (nSPS) is 19.7. The largest absolute Gasteiger partial charge is 0.457 e. The molecule has 1 saturated heterocycles. The number of carbonyl (C=O) groups is 1. The molecule has 4 N–H and O–H groups in total. The van der Waals surface area contributed by atoms with Crippen LogP contribution in [0.15, 0.2) is 24.3 Å². The van der Waals surface area contributed by atoms with Gasteiger partial charge < -0.3 is 39.4 Å². The quantitative estimate of drug-likeness (QED) is 0.0267. The van der Waals surface area contributed by atoms with Crippen molar-refractivity contribution in [1.29, 1.82) is 0 Å². The minimum absolute atomic E-state index is 0.110. The molecule has 0 radical (unpaired) electrons. The Morgan fingerprint density at radius 2 is 0.921 bits per heavy atom. The minimum atomic E-state index is -1.53. The first-order valence-electron chi connectivity index (χ1n) is 26.9. The molecule has 0 aromatic heterocycles. The van der Waals surface area contributed by atoms with Crippen LogP contribution in [0.1, 0.15) is 251 Å². The van der Waals surface area contributed by atoms with Crippen LogP contribution in [-0.2, 0) is 23.7 Å². The van der Waals surface area contributed by atoms with Gasteiger partial charge in [-0.3, -0.25) is 4.79 Å². The predicted molar refractivity (Wildman–Crippen MR) is 261 cm³/mol. The Hall–Kier alpha value is -1.33. The molecule has 6 atom stereocenters. The van der Waals surface area contributed by atoms with Crippen LogP contribution in [-0.4, -0.2) is 89.6 Å². The Bertz CT molecular complexity index is 1020. The minimum Gasteiger partial charge on any atom is -0.457 e. The molecule has 1 rings (SSSR count).